The molecule has 0 spiro atoms. The van der Waals surface area contributed by atoms with E-state index < -0.39 is 24.2 Å². The maximum Gasteiger partial charge on any atom is 0.471 e. The van der Waals surface area contributed by atoms with Crippen molar-refractivity contribution in [1.29, 1.82) is 0 Å². The SMILES string of the molecule is O=C(c1ccccc1)N1C[C@@H]2C[C@H](NC(=O)C(F)(F)F)[C@@H](O)c3cccc1c32. The molecule has 1 aliphatic carbocycles. The summed E-state index contributed by atoms with van der Waals surface area (Å²) in [5, 5.41) is 12.5. The van der Waals surface area contributed by atoms with Crippen LogP contribution in [-0.4, -0.2) is 35.7 Å². The number of halogens is 3. The van der Waals surface area contributed by atoms with Gasteiger partial charge in [-0.05, 0) is 35.7 Å². The largest absolute Gasteiger partial charge is 0.471 e. The third kappa shape index (κ3) is 3.03. The fourth-order valence-corrected chi connectivity index (χ4v) is 4.08. The van der Waals surface area contributed by atoms with Gasteiger partial charge in [-0.25, -0.2) is 0 Å². The number of amides is 2. The average molecular weight is 390 g/mol. The summed E-state index contributed by atoms with van der Waals surface area (Å²) in [5.41, 5.74) is 2.36. The maximum atomic E-state index is 12.9. The molecule has 146 valence electrons. The van der Waals surface area contributed by atoms with Crippen LogP contribution in [0.25, 0.3) is 0 Å². The van der Waals surface area contributed by atoms with E-state index in [0.717, 1.165) is 5.56 Å². The molecule has 8 heteroatoms. The molecule has 0 saturated carbocycles. The Kier molecular flexibility index (Phi) is 4.38. The van der Waals surface area contributed by atoms with Crippen LogP contribution in [0.2, 0.25) is 0 Å². The Balaban J connectivity index is 1.65. The topological polar surface area (TPSA) is 69.6 Å². The minimum Gasteiger partial charge on any atom is -0.386 e. The third-order valence-electron chi connectivity index (χ3n) is 5.30. The Morgan fingerprint density at radius 1 is 1.07 bits per heavy atom. The second-order valence-corrected chi connectivity index (χ2v) is 7.02. The van der Waals surface area contributed by atoms with Gasteiger partial charge in [0, 0.05) is 23.7 Å². The molecule has 28 heavy (non-hydrogen) atoms. The number of alkyl halides is 3. The first-order chi connectivity index (χ1) is 13.3. The maximum absolute atomic E-state index is 12.9. The van der Waals surface area contributed by atoms with Gasteiger partial charge in [0.1, 0.15) is 0 Å². The first-order valence-corrected chi connectivity index (χ1v) is 8.83. The summed E-state index contributed by atoms with van der Waals surface area (Å²) in [4.78, 5) is 25.8. The highest BCUT2D eigenvalue weighted by atomic mass is 19.4. The number of carbonyl (C=O) groups excluding carboxylic acids is 2. The van der Waals surface area contributed by atoms with Gasteiger partial charge in [0.05, 0.1) is 12.1 Å². The molecule has 3 atom stereocenters. The third-order valence-corrected chi connectivity index (χ3v) is 5.30. The molecule has 0 bridgehead atoms. The predicted octanol–water partition coefficient (Wildman–Crippen LogP) is 2.91. The van der Waals surface area contributed by atoms with Crippen LogP contribution in [0.5, 0.6) is 0 Å². The van der Waals surface area contributed by atoms with Gasteiger partial charge < -0.3 is 15.3 Å². The van der Waals surface area contributed by atoms with Gasteiger partial charge in [0.25, 0.3) is 5.91 Å². The number of aliphatic hydroxyl groups is 1. The zero-order valence-electron chi connectivity index (χ0n) is 14.6. The quantitative estimate of drug-likeness (QED) is 0.829. The van der Waals surface area contributed by atoms with E-state index in [1.165, 1.54) is 0 Å². The predicted molar refractivity (Wildman–Crippen MR) is 94.9 cm³/mol. The zero-order valence-corrected chi connectivity index (χ0v) is 14.6. The lowest BCUT2D eigenvalue weighted by Gasteiger charge is -2.33. The van der Waals surface area contributed by atoms with Gasteiger partial charge in [-0.2, -0.15) is 13.2 Å². The van der Waals surface area contributed by atoms with E-state index in [1.807, 2.05) is 5.32 Å². The molecule has 0 fully saturated rings. The lowest BCUT2D eigenvalue weighted by Crippen LogP contribution is -2.48. The molecule has 2 amide bonds. The number of carbonyl (C=O) groups is 2. The first kappa shape index (κ1) is 18.5. The molecule has 2 aromatic rings. The molecular formula is C20H17F3N2O3. The minimum absolute atomic E-state index is 0.117. The summed E-state index contributed by atoms with van der Waals surface area (Å²) in [6.07, 6.45) is -6.18. The molecule has 0 saturated heterocycles. The van der Waals surface area contributed by atoms with E-state index in [4.69, 9.17) is 0 Å². The fourth-order valence-electron chi connectivity index (χ4n) is 4.08. The van der Waals surface area contributed by atoms with E-state index in [-0.39, 0.29) is 24.8 Å². The van der Waals surface area contributed by atoms with Crippen molar-refractivity contribution in [2.75, 3.05) is 11.4 Å². The second kappa shape index (κ2) is 6.63. The Labute approximate surface area is 158 Å². The van der Waals surface area contributed by atoms with Crippen LogP contribution in [0.1, 0.15) is 39.9 Å². The summed E-state index contributed by atoms with van der Waals surface area (Å²) >= 11 is 0. The number of nitrogens with zero attached hydrogens (tertiary/aromatic N) is 1. The van der Waals surface area contributed by atoms with Crippen LogP contribution >= 0.6 is 0 Å². The molecule has 5 nitrogen and oxygen atoms in total. The second-order valence-electron chi connectivity index (χ2n) is 7.02. The van der Waals surface area contributed by atoms with Gasteiger partial charge in [0.15, 0.2) is 0 Å². The number of benzene rings is 2. The van der Waals surface area contributed by atoms with Gasteiger partial charge in [0.2, 0.25) is 0 Å². The lowest BCUT2D eigenvalue weighted by molar-refractivity contribution is -0.175. The molecule has 2 N–H and O–H groups in total. The summed E-state index contributed by atoms with van der Waals surface area (Å²) in [7, 11) is 0. The van der Waals surface area contributed by atoms with Gasteiger partial charge >= 0.3 is 12.1 Å². The average Bonchev–Trinajstić information content (AvgIpc) is 3.04. The molecule has 2 aliphatic rings. The van der Waals surface area contributed by atoms with E-state index in [1.54, 1.807) is 53.4 Å². The van der Waals surface area contributed by atoms with E-state index in [0.29, 0.717) is 16.8 Å². The van der Waals surface area contributed by atoms with Crippen molar-refractivity contribution < 1.29 is 27.9 Å². The monoisotopic (exact) mass is 390 g/mol. The van der Waals surface area contributed by atoms with Gasteiger partial charge in [-0.3, -0.25) is 9.59 Å². The van der Waals surface area contributed by atoms with Crippen LogP contribution in [0.4, 0.5) is 18.9 Å². The molecule has 0 unspecified atom stereocenters. The van der Waals surface area contributed by atoms with Crippen molar-refractivity contribution in [3.63, 3.8) is 0 Å². The molecule has 0 aromatic heterocycles. The van der Waals surface area contributed by atoms with E-state index in [9.17, 15) is 27.9 Å². The highest BCUT2D eigenvalue weighted by Gasteiger charge is 2.46. The number of hydrogen-bond donors (Lipinski definition) is 2. The van der Waals surface area contributed by atoms with Crippen molar-refractivity contribution in [3.05, 3.63) is 65.2 Å². The molecule has 4 rings (SSSR count). The summed E-state index contributed by atoms with van der Waals surface area (Å²) in [5.74, 6) is -2.55. The van der Waals surface area contributed by atoms with Crippen LogP contribution in [0, 0.1) is 0 Å². The van der Waals surface area contributed by atoms with Gasteiger partial charge in [-0.1, -0.05) is 30.3 Å². The minimum atomic E-state index is -5.02. The first-order valence-electron chi connectivity index (χ1n) is 8.83. The highest BCUT2D eigenvalue weighted by molar-refractivity contribution is 6.07. The molecule has 2 aromatic carbocycles. The van der Waals surface area contributed by atoms with Crippen molar-refractivity contribution in [1.82, 2.24) is 5.32 Å². The number of rotatable bonds is 2. The molecular weight excluding hydrogens is 373 g/mol. The standard InChI is InChI=1S/C20H17F3N2O3/c21-20(22,23)19(28)24-14-9-12-10-25(18(27)11-5-2-1-3-6-11)15-8-4-7-13(16(12)15)17(14)26/h1-8,12,14,17,26H,9-10H2,(H,24,28)/t12-,14-,17-/m0/s1. The van der Waals surface area contributed by atoms with Crippen molar-refractivity contribution in [2.24, 2.45) is 0 Å². The zero-order chi connectivity index (χ0) is 20.1. The van der Waals surface area contributed by atoms with Crippen LogP contribution in [0.15, 0.2) is 48.5 Å². The molecule has 1 aliphatic heterocycles. The highest BCUT2D eigenvalue weighted by Crippen LogP contribution is 2.48. The van der Waals surface area contributed by atoms with E-state index in [2.05, 4.69) is 0 Å². The Bertz CT molecular complexity index is 930. The van der Waals surface area contributed by atoms with Crippen LogP contribution in [0.3, 0.4) is 0 Å². The van der Waals surface area contributed by atoms with Crippen molar-refractivity contribution >= 4 is 17.5 Å². The number of aliphatic hydroxyl groups excluding tert-OH is 1. The molecule has 0 radical (unpaired) electrons. The normalized spacial score (nSPS) is 23.3. The number of nitrogens with one attached hydrogen (secondary N) is 1. The Morgan fingerprint density at radius 3 is 2.46 bits per heavy atom. The fraction of sp³-hybridized carbons (Fsp3) is 0.300. The number of hydrogen-bond acceptors (Lipinski definition) is 3. The smallest absolute Gasteiger partial charge is 0.386 e. The summed E-state index contributed by atoms with van der Waals surface area (Å²) < 4.78 is 37.9. The van der Waals surface area contributed by atoms with E-state index >= 15 is 0 Å². The Morgan fingerprint density at radius 2 is 1.79 bits per heavy atom. The van der Waals surface area contributed by atoms with Crippen LogP contribution < -0.4 is 10.2 Å². The summed E-state index contributed by atoms with van der Waals surface area (Å²) in [6, 6.07) is 12.7. The van der Waals surface area contributed by atoms with Crippen molar-refractivity contribution in [2.45, 2.75) is 30.7 Å². The lowest BCUT2D eigenvalue weighted by atomic mass is 9.79. The molecule has 1 heterocycles. The summed E-state index contributed by atoms with van der Waals surface area (Å²) in [6.45, 7) is 0.283. The Hall–Kier alpha value is -2.87. The van der Waals surface area contributed by atoms with Crippen molar-refractivity contribution in [3.8, 4) is 0 Å². The van der Waals surface area contributed by atoms with Crippen LogP contribution in [-0.2, 0) is 4.79 Å². The number of anilines is 1. The van der Waals surface area contributed by atoms with Gasteiger partial charge in [-0.15, -0.1) is 0 Å².